The number of benzene rings is 1. The van der Waals surface area contributed by atoms with Gasteiger partial charge in [0.1, 0.15) is 16.0 Å². The second kappa shape index (κ2) is 4.42. The van der Waals surface area contributed by atoms with Crippen molar-refractivity contribution in [1.29, 1.82) is 0 Å². The largest absolute Gasteiger partial charge is 0.463 e. The van der Waals surface area contributed by atoms with Crippen molar-refractivity contribution in [2.45, 2.75) is 0 Å². The van der Waals surface area contributed by atoms with Crippen LogP contribution >= 0.6 is 27.5 Å². The Labute approximate surface area is 78.8 Å². The molecule has 0 saturated carbocycles. The van der Waals surface area contributed by atoms with Crippen molar-refractivity contribution >= 4 is 27.5 Å². The Morgan fingerprint density at radius 3 is 2.55 bits per heavy atom. The predicted octanol–water partition coefficient (Wildman–Crippen LogP) is 3.50. The van der Waals surface area contributed by atoms with E-state index in [-0.39, 0.29) is 0 Å². The maximum absolute atomic E-state index is 5.48. The van der Waals surface area contributed by atoms with Gasteiger partial charge < -0.3 is 4.74 Å². The van der Waals surface area contributed by atoms with Crippen LogP contribution in [0.25, 0.3) is 0 Å². The zero-order valence-corrected chi connectivity index (χ0v) is 7.97. The Kier molecular flexibility index (Phi) is 3.46. The number of para-hydroxylation sites is 1. The SMILES string of the molecule is ClC(Br)=COc1ccccc1. The van der Waals surface area contributed by atoms with Crippen LogP contribution in [0.5, 0.6) is 5.75 Å². The van der Waals surface area contributed by atoms with E-state index in [0.717, 1.165) is 5.75 Å². The van der Waals surface area contributed by atoms with Crippen molar-refractivity contribution in [2.75, 3.05) is 0 Å². The van der Waals surface area contributed by atoms with Gasteiger partial charge in [-0.05, 0) is 28.1 Å². The molecule has 0 atom stereocenters. The molecule has 0 heterocycles. The molecule has 1 nitrogen and oxygen atoms in total. The molecule has 0 bridgehead atoms. The first kappa shape index (κ1) is 8.62. The van der Waals surface area contributed by atoms with E-state index in [0.29, 0.717) is 3.94 Å². The molecule has 0 spiro atoms. The van der Waals surface area contributed by atoms with Crippen LogP contribution < -0.4 is 4.74 Å². The molecule has 0 aromatic heterocycles. The summed E-state index contributed by atoms with van der Waals surface area (Å²) in [5.74, 6) is 0.769. The van der Waals surface area contributed by atoms with Crippen LogP contribution in [0.1, 0.15) is 0 Å². The second-order valence-corrected chi connectivity index (χ2v) is 3.56. The molecular weight excluding hydrogens is 227 g/mol. The Balaban J connectivity index is 2.59. The van der Waals surface area contributed by atoms with Crippen molar-refractivity contribution in [3.63, 3.8) is 0 Å². The predicted molar refractivity (Wildman–Crippen MR) is 49.9 cm³/mol. The fourth-order valence-electron chi connectivity index (χ4n) is 0.612. The van der Waals surface area contributed by atoms with Crippen LogP contribution in [0.2, 0.25) is 0 Å². The smallest absolute Gasteiger partial charge is 0.126 e. The summed E-state index contributed by atoms with van der Waals surface area (Å²) >= 11 is 8.51. The summed E-state index contributed by atoms with van der Waals surface area (Å²) in [6, 6.07) is 9.41. The number of rotatable bonds is 2. The topological polar surface area (TPSA) is 9.23 Å². The summed E-state index contributed by atoms with van der Waals surface area (Å²) in [5, 5.41) is 0. The summed E-state index contributed by atoms with van der Waals surface area (Å²) in [6.07, 6.45) is 1.43. The monoisotopic (exact) mass is 232 g/mol. The van der Waals surface area contributed by atoms with E-state index in [1.165, 1.54) is 6.26 Å². The van der Waals surface area contributed by atoms with Gasteiger partial charge in [0, 0.05) is 0 Å². The highest BCUT2D eigenvalue weighted by atomic mass is 79.9. The van der Waals surface area contributed by atoms with Crippen LogP contribution in [0.4, 0.5) is 0 Å². The number of ether oxygens (including phenoxy) is 1. The highest BCUT2D eigenvalue weighted by Gasteiger charge is 1.87. The third-order valence-corrected chi connectivity index (χ3v) is 1.30. The standard InChI is InChI=1S/C8H6BrClO/c9-8(10)6-11-7-4-2-1-3-5-7/h1-6H. The van der Waals surface area contributed by atoms with E-state index >= 15 is 0 Å². The average molecular weight is 233 g/mol. The normalized spacial score (nSPS) is 11.3. The molecule has 0 amide bonds. The zero-order valence-electron chi connectivity index (χ0n) is 5.63. The van der Waals surface area contributed by atoms with Crippen LogP contribution in [0.15, 0.2) is 40.5 Å². The molecule has 0 saturated heterocycles. The first-order valence-corrected chi connectivity index (χ1v) is 4.19. The summed E-state index contributed by atoms with van der Waals surface area (Å²) in [6.45, 7) is 0. The van der Waals surface area contributed by atoms with Gasteiger partial charge in [-0.1, -0.05) is 29.8 Å². The van der Waals surface area contributed by atoms with Crippen molar-refractivity contribution in [3.05, 3.63) is 40.5 Å². The van der Waals surface area contributed by atoms with Crippen LogP contribution in [0, 0.1) is 0 Å². The molecular formula is C8H6BrClO. The van der Waals surface area contributed by atoms with E-state index in [9.17, 15) is 0 Å². The number of hydrogen-bond donors (Lipinski definition) is 0. The molecule has 0 radical (unpaired) electrons. The lowest BCUT2D eigenvalue weighted by Crippen LogP contribution is -1.79. The van der Waals surface area contributed by atoms with Crippen molar-refractivity contribution in [2.24, 2.45) is 0 Å². The quantitative estimate of drug-likeness (QED) is 0.711. The lowest BCUT2D eigenvalue weighted by molar-refractivity contribution is 0.482. The molecule has 58 valence electrons. The molecule has 0 N–H and O–H groups in total. The van der Waals surface area contributed by atoms with Gasteiger partial charge in [0.05, 0.1) is 0 Å². The maximum Gasteiger partial charge on any atom is 0.126 e. The van der Waals surface area contributed by atoms with E-state index < -0.39 is 0 Å². The molecule has 3 heteroatoms. The first-order chi connectivity index (χ1) is 5.29. The van der Waals surface area contributed by atoms with Crippen molar-refractivity contribution in [1.82, 2.24) is 0 Å². The molecule has 0 fully saturated rings. The van der Waals surface area contributed by atoms with Crippen LogP contribution in [0.3, 0.4) is 0 Å². The maximum atomic E-state index is 5.48. The zero-order chi connectivity index (χ0) is 8.10. The lowest BCUT2D eigenvalue weighted by atomic mass is 10.3. The van der Waals surface area contributed by atoms with Crippen molar-refractivity contribution in [3.8, 4) is 5.75 Å². The Morgan fingerprint density at radius 2 is 2.00 bits per heavy atom. The van der Waals surface area contributed by atoms with Gasteiger partial charge >= 0.3 is 0 Å². The van der Waals surface area contributed by atoms with E-state index in [4.69, 9.17) is 16.3 Å². The Morgan fingerprint density at radius 1 is 1.36 bits per heavy atom. The van der Waals surface area contributed by atoms with Crippen LogP contribution in [-0.2, 0) is 0 Å². The van der Waals surface area contributed by atoms with E-state index in [1.54, 1.807) is 0 Å². The summed E-state index contributed by atoms with van der Waals surface area (Å²) in [4.78, 5) is 0. The van der Waals surface area contributed by atoms with E-state index in [2.05, 4.69) is 15.9 Å². The van der Waals surface area contributed by atoms with Gasteiger partial charge in [-0.25, -0.2) is 0 Å². The fraction of sp³-hybridized carbons (Fsp3) is 0. The number of hydrogen-bond acceptors (Lipinski definition) is 1. The van der Waals surface area contributed by atoms with Crippen molar-refractivity contribution < 1.29 is 4.74 Å². The van der Waals surface area contributed by atoms with Crippen LogP contribution in [-0.4, -0.2) is 0 Å². The molecule has 1 aromatic rings. The summed E-state index contributed by atoms with van der Waals surface area (Å²) in [7, 11) is 0. The van der Waals surface area contributed by atoms with Gasteiger partial charge in [-0.3, -0.25) is 0 Å². The second-order valence-electron chi connectivity index (χ2n) is 1.84. The summed E-state index contributed by atoms with van der Waals surface area (Å²) in [5.41, 5.74) is 0. The molecule has 11 heavy (non-hydrogen) atoms. The third-order valence-electron chi connectivity index (χ3n) is 1.03. The third kappa shape index (κ3) is 3.44. The summed E-state index contributed by atoms with van der Waals surface area (Å²) < 4.78 is 5.57. The minimum atomic E-state index is 0.446. The van der Waals surface area contributed by atoms with Gasteiger partial charge in [-0.2, -0.15) is 0 Å². The first-order valence-electron chi connectivity index (χ1n) is 3.02. The molecule has 1 aromatic carbocycles. The lowest BCUT2D eigenvalue weighted by Gasteiger charge is -1.97. The van der Waals surface area contributed by atoms with Gasteiger partial charge in [0.25, 0.3) is 0 Å². The molecule has 0 aliphatic rings. The molecule has 0 aliphatic heterocycles. The Bertz CT molecular complexity index is 242. The average Bonchev–Trinajstić information content (AvgIpc) is 2.03. The minimum absolute atomic E-state index is 0.446. The highest BCUT2D eigenvalue weighted by Crippen LogP contribution is 2.13. The van der Waals surface area contributed by atoms with Gasteiger partial charge in [0.2, 0.25) is 0 Å². The Hall–Kier alpha value is -0.470. The number of halogens is 2. The molecule has 0 aliphatic carbocycles. The molecule has 0 unspecified atom stereocenters. The highest BCUT2D eigenvalue weighted by molar-refractivity contribution is 9.12. The fourth-order valence-corrected chi connectivity index (χ4v) is 0.750. The van der Waals surface area contributed by atoms with Gasteiger partial charge in [0.15, 0.2) is 0 Å². The van der Waals surface area contributed by atoms with Gasteiger partial charge in [-0.15, -0.1) is 0 Å². The molecule has 1 rings (SSSR count). The minimum Gasteiger partial charge on any atom is -0.463 e. The van der Waals surface area contributed by atoms with E-state index in [1.807, 2.05) is 30.3 Å².